The molecule has 0 saturated heterocycles. The van der Waals surface area contributed by atoms with Crippen LogP contribution in [0.4, 0.5) is 0 Å². The molecule has 0 unspecified atom stereocenters. The van der Waals surface area contributed by atoms with Crippen molar-refractivity contribution in [3.8, 4) is 23.0 Å². The molecule has 0 amide bonds. The van der Waals surface area contributed by atoms with Crippen LogP contribution in [0, 0.1) is 0 Å². The monoisotopic (exact) mass is 351 g/mol. The summed E-state index contributed by atoms with van der Waals surface area (Å²) in [5.41, 5.74) is 6.68. The van der Waals surface area contributed by atoms with Gasteiger partial charge in [0.1, 0.15) is 6.61 Å². The van der Waals surface area contributed by atoms with Gasteiger partial charge in [0.2, 0.25) is 0 Å². The number of hydrogen-bond donors (Lipinski definition) is 1. The van der Waals surface area contributed by atoms with Gasteiger partial charge in [0.25, 0.3) is 5.89 Å². The van der Waals surface area contributed by atoms with Crippen LogP contribution < -0.4 is 15.2 Å². The lowest BCUT2D eigenvalue weighted by molar-refractivity contribution is 0.326. The van der Waals surface area contributed by atoms with Crippen LogP contribution in [0.1, 0.15) is 31.5 Å². The molecule has 24 heavy (non-hydrogen) atoms. The maximum absolute atomic E-state index is 6.37. The fourth-order valence-corrected chi connectivity index (χ4v) is 2.84. The normalized spacial score (nSPS) is 15.6. The lowest BCUT2D eigenvalue weighted by Gasteiger charge is -2.17. The molecule has 1 heterocycles. The number of nitrogens with zero attached hydrogens (tertiary/aromatic N) is 2. The quantitative estimate of drug-likeness (QED) is 0.802. The first-order valence-electron chi connectivity index (χ1n) is 7.71. The third-order valence-corrected chi connectivity index (χ3v) is 4.13. The molecule has 2 N–H and O–H groups in total. The van der Waals surface area contributed by atoms with E-state index in [9.17, 15) is 0 Å². The molecule has 1 aliphatic carbocycles. The number of nitrogens with two attached hydrogens (primary N) is 1. The Kier molecular flexibility index (Phi) is 5.85. The van der Waals surface area contributed by atoms with E-state index in [1.54, 1.807) is 13.2 Å². The standard InChI is InChI=1S/C17H21N3O3.ClH/c1-3-10-22-13-7-6-12(11-14(13)21-2)15-19-16(20-23-15)17(18)8-4-5-9-17;/h3,6-7,11H,1,4-5,8-10,18H2,2H3;1H. The van der Waals surface area contributed by atoms with Crippen LogP contribution in [-0.2, 0) is 5.54 Å². The van der Waals surface area contributed by atoms with Crippen LogP contribution in [0.5, 0.6) is 11.5 Å². The Labute approximate surface area is 147 Å². The van der Waals surface area contributed by atoms with Gasteiger partial charge in [-0.15, -0.1) is 12.4 Å². The van der Waals surface area contributed by atoms with Gasteiger partial charge in [-0.3, -0.25) is 0 Å². The van der Waals surface area contributed by atoms with Gasteiger partial charge in [-0.1, -0.05) is 30.7 Å². The van der Waals surface area contributed by atoms with Crippen LogP contribution >= 0.6 is 12.4 Å². The smallest absolute Gasteiger partial charge is 0.258 e. The van der Waals surface area contributed by atoms with Crippen molar-refractivity contribution in [2.24, 2.45) is 5.73 Å². The van der Waals surface area contributed by atoms with E-state index in [0.29, 0.717) is 29.8 Å². The predicted molar refractivity (Wildman–Crippen MR) is 93.6 cm³/mol. The van der Waals surface area contributed by atoms with Crippen molar-refractivity contribution in [3.63, 3.8) is 0 Å². The summed E-state index contributed by atoms with van der Waals surface area (Å²) >= 11 is 0. The summed E-state index contributed by atoms with van der Waals surface area (Å²) in [5.74, 6) is 2.26. The zero-order valence-corrected chi connectivity index (χ0v) is 14.5. The molecule has 0 aliphatic heterocycles. The molecule has 1 aromatic carbocycles. The van der Waals surface area contributed by atoms with Gasteiger partial charge in [-0.25, -0.2) is 0 Å². The summed E-state index contributed by atoms with van der Waals surface area (Å²) < 4.78 is 16.3. The molecule has 0 radical (unpaired) electrons. The van der Waals surface area contributed by atoms with Crippen molar-refractivity contribution < 1.29 is 14.0 Å². The lowest BCUT2D eigenvalue weighted by Crippen LogP contribution is -2.34. The molecule has 0 atom stereocenters. The van der Waals surface area contributed by atoms with Gasteiger partial charge < -0.3 is 19.7 Å². The van der Waals surface area contributed by atoms with E-state index in [4.69, 9.17) is 19.7 Å². The Morgan fingerprint density at radius 2 is 2.08 bits per heavy atom. The second-order valence-corrected chi connectivity index (χ2v) is 5.75. The number of halogens is 1. The number of rotatable bonds is 6. The van der Waals surface area contributed by atoms with E-state index in [2.05, 4.69) is 16.7 Å². The van der Waals surface area contributed by atoms with Crippen LogP contribution in [0.2, 0.25) is 0 Å². The Morgan fingerprint density at radius 3 is 2.75 bits per heavy atom. The van der Waals surface area contributed by atoms with Gasteiger partial charge in [0.05, 0.1) is 12.6 Å². The fourth-order valence-electron chi connectivity index (χ4n) is 2.84. The Balaban J connectivity index is 0.00000208. The first-order chi connectivity index (χ1) is 11.2. The van der Waals surface area contributed by atoms with Gasteiger partial charge in [-0.2, -0.15) is 4.98 Å². The molecule has 2 aromatic rings. The number of methoxy groups -OCH3 is 1. The molecule has 130 valence electrons. The average Bonchev–Trinajstić information content (AvgIpc) is 3.23. The first-order valence-corrected chi connectivity index (χ1v) is 7.71. The minimum atomic E-state index is -0.459. The average molecular weight is 352 g/mol. The topological polar surface area (TPSA) is 83.4 Å². The molecule has 7 heteroatoms. The van der Waals surface area contributed by atoms with Crippen LogP contribution in [0.25, 0.3) is 11.5 Å². The van der Waals surface area contributed by atoms with Crippen LogP contribution in [0.3, 0.4) is 0 Å². The number of hydrogen-bond acceptors (Lipinski definition) is 6. The Bertz CT molecular complexity index is 696. The highest BCUT2D eigenvalue weighted by molar-refractivity contribution is 5.85. The Hall–Kier alpha value is -2.05. The summed E-state index contributed by atoms with van der Waals surface area (Å²) in [6.45, 7) is 4.05. The van der Waals surface area contributed by atoms with Crippen molar-refractivity contribution in [3.05, 3.63) is 36.7 Å². The van der Waals surface area contributed by atoms with Crippen molar-refractivity contribution >= 4 is 12.4 Å². The number of aromatic nitrogens is 2. The predicted octanol–water partition coefficient (Wildman–Crippen LogP) is 3.46. The highest BCUT2D eigenvalue weighted by Crippen LogP contribution is 2.36. The molecule has 1 aromatic heterocycles. The first kappa shape index (κ1) is 18.3. The van der Waals surface area contributed by atoms with Crippen molar-refractivity contribution in [1.82, 2.24) is 10.1 Å². The molecular formula is C17H22ClN3O3. The molecule has 1 aliphatic rings. The largest absolute Gasteiger partial charge is 0.493 e. The van der Waals surface area contributed by atoms with E-state index in [0.717, 1.165) is 31.2 Å². The minimum absolute atomic E-state index is 0. The van der Waals surface area contributed by atoms with Gasteiger partial charge in [0.15, 0.2) is 17.3 Å². The highest BCUT2D eigenvalue weighted by atomic mass is 35.5. The SMILES string of the molecule is C=CCOc1ccc(-c2nc(C3(N)CCCC3)no2)cc1OC.Cl. The summed E-state index contributed by atoms with van der Waals surface area (Å²) in [4.78, 5) is 4.49. The van der Waals surface area contributed by atoms with Gasteiger partial charge >= 0.3 is 0 Å². The summed E-state index contributed by atoms with van der Waals surface area (Å²) in [5, 5.41) is 4.08. The highest BCUT2D eigenvalue weighted by Gasteiger charge is 2.36. The third kappa shape index (κ3) is 3.55. The molecule has 1 fully saturated rings. The Morgan fingerprint density at radius 1 is 1.33 bits per heavy atom. The second-order valence-electron chi connectivity index (χ2n) is 5.75. The molecule has 6 nitrogen and oxygen atoms in total. The fraction of sp³-hybridized carbons (Fsp3) is 0.412. The van der Waals surface area contributed by atoms with E-state index in [1.807, 2.05) is 18.2 Å². The van der Waals surface area contributed by atoms with Gasteiger partial charge in [-0.05, 0) is 31.0 Å². The van der Waals surface area contributed by atoms with Gasteiger partial charge in [0, 0.05) is 5.56 Å². The number of ether oxygens (including phenoxy) is 2. The van der Waals surface area contributed by atoms with Crippen molar-refractivity contribution in [1.29, 1.82) is 0 Å². The zero-order chi connectivity index (χ0) is 16.3. The molecule has 0 spiro atoms. The van der Waals surface area contributed by atoms with E-state index >= 15 is 0 Å². The molecule has 0 bridgehead atoms. The zero-order valence-electron chi connectivity index (χ0n) is 13.7. The minimum Gasteiger partial charge on any atom is -0.493 e. The molecule has 1 saturated carbocycles. The second kappa shape index (κ2) is 7.68. The maximum Gasteiger partial charge on any atom is 0.258 e. The lowest BCUT2D eigenvalue weighted by atomic mass is 9.99. The summed E-state index contributed by atoms with van der Waals surface area (Å²) in [6.07, 6.45) is 5.67. The molecule has 3 rings (SSSR count). The van der Waals surface area contributed by atoms with E-state index in [-0.39, 0.29) is 12.4 Å². The third-order valence-electron chi connectivity index (χ3n) is 4.13. The molecular weight excluding hydrogens is 330 g/mol. The van der Waals surface area contributed by atoms with E-state index in [1.165, 1.54) is 0 Å². The summed E-state index contributed by atoms with van der Waals surface area (Å²) in [6, 6.07) is 5.49. The van der Waals surface area contributed by atoms with Crippen molar-refractivity contribution in [2.75, 3.05) is 13.7 Å². The number of benzene rings is 1. The van der Waals surface area contributed by atoms with E-state index < -0.39 is 5.54 Å². The van der Waals surface area contributed by atoms with Crippen LogP contribution in [0.15, 0.2) is 35.4 Å². The summed E-state index contributed by atoms with van der Waals surface area (Å²) in [7, 11) is 1.59. The maximum atomic E-state index is 6.37. The van der Waals surface area contributed by atoms with Crippen LogP contribution in [-0.4, -0.2) is 23.9 Å². The van der Waals surface area contributed by atoms with Crippen molar-refractivity contribution in [2.45, 2.75) is 31.2 Å².